The van der Waals surface area contributed by atoms with Crippen molar-refractivity contribution < 1.29 is 4.42 Å². The van der Waals surface area contributed by atoms with Crippen molar-refractivity contribution in [2.24, 2.45) is 10.9 Å². The lowest BCUT2D eigenvalue weighted by molar-refractivity contribution is 0.470. The second-order valence-corrected chi connectivity index (χ2v) is 17.4. The summed E-state index contributed by atoms with van der Waals surface area (Å²) in [6.45, 7) is 0.794. The van der Waals surface area contributed by atoms with E-state index in [1.54, 1.807) is 0 Å². The molecular weight excluding hydrogens is 777 g/mol. The van der Waals surface area contributed by atoms with Gasteiger partial charge in [-0.05, 0) is 113 Å². The van der Waals surface area contributed by atoms with Gasteiger partial charge >= 0.3 is 0 Å². The van der Waals surface area contributed by atoms with Gasteiger partial charge in [0.05, 0.1) is 0 Å². The molecular formula is C61H42N2O. The Kier molecular flexibility index (Phi) is 8.57. The Morgan fingerprint density at radius 1 is 0.469 bits per heavy atom. The van der Waals surface area contributed by atoms with Crippen LogP contribution in [0.3, 0.4) is 0 Å². The molecule has 0 fully saturated rings. The second-order valence-electron chi connectivity index (χ2n) is 17.4. The highest BCUT2D eigenvalue weighted by molar-refractivity contribution is 6.22. The molecule has 64 heavy (non-hydrogen) atoms. The molecule has 2 heterocycles. The summed E-state index contributed by atoms with van der Waals surface area (Å²) in [7, 11) is 0. The zero-order valence-corrected chi connectivity index (χ0v) is 35.1. The summed E-state index contributed by atoms with van der Waals surface area (Å²) in [5.41, 5.74) is 16.3. The molecule has 0 amide bonds. The van der Waals surface area contributed by atoms with Gasteiger partial charge in [0.2, 0.25) is 0 Å². The molecule has 2 unspecified atom stereocenters. The average molecular weight is 819 g/mol. The summed E-state index contributed by atoms with van der Waals surface area (Å²) in [6.07, 6.45) is 5.24. The first kappa shape index (κ1) is 36.8. The number of hydrogen-bond acceptors (Lipinski definition) is 3. The molecule has 2 atom stereocenters. The van der Waals surface area contributed by atoms with Gasteiger partial charge in [-0.15, -0.1) is 0 Å². The molecule has 3 heteroatoms. The van der Waals surface area contributed by atoms with E-state index in [-0.39, 0.29) is 12.1 Å². The zero-order valence-electron chi connectivity index (χ0n) is 35.1. The largest absolute Gasteiger partial charge is 0.455 e. The molecule has 1 aromatic heterocycles. The summed E-state index contributed by atoms with van der Waals surface area (Å²) >= 11 is 0. The van der Waals surface area contributed by atoms with Gasteiger partial charge in [0.15, 0.2) is 0 Å². The van der Waals surface area contributed by atoms with Gasteiger partial charge in [-0.25, -0.2) is 0 Å². The Labute approximate surface area is 371 Å². The van der Waals surface area contributed by atoms with Crippen LogP contribution >= 0.6 is 0 Å². The summed E-state index contributed by atoms with van der Waals surface area (Å²) in [5.74, 6) is 0.122. The maximum absolute atomic E-state index is 6.69. The quantitative estimate of drug-likeness (QED) is 0.163. The highest BCUT2D eigenvalue weighted by Gasteiger charge is 2.28. The van der Waals surface area contributed by atoms with Crippen LogP contribution in [0.25, 0.3) is 99.8 Å². The van der Waals surface area contributed by atoms with Crippen LogP contribution in [0.1, 0.15) is 34.0 Å². The fourth-order valence-corrected chi connectivity index (χ4v) is 10.5. The molecule has 0 bridgehead atoms. The monoisotopic (exact) mass is 818 g/mol. The number of aliphatic imine (C=N–C) groups is 1. The van der Waals surface area contributed by atoms with Crippen LogP contribution in [0.2, 0.25) is 0 Å². The molecule has 1 aliphatic heterocycles. The molecule has 3 nitrogen and oxygen atoms in total. The van der Waals surface area contributed by atoms with Gasteiger partial charge in [-0.3, -0.25) is 10.3 Å². The molecule has 1 aliphatic carbocycles. The van der Waals surface area contributed by atoms with E-state index < -0.39 is 0 Å². The van der Waals surface area contributed by atoms with Crippen molar-refractivity contribution in [3.63, 3.8) is 0 Å². The van der Waals surface area contributed by atoms with Gasteiger partial charge in [0.25, 0.3) is 0 Å². The van der Waals surface area contributed by atoms with Crippen molar-refractivity contribution in [2.45, 2.75) is 12.6 Å². The molecule has 0 saturated carbocycles. The van der Waals surface area contributed by atoms with Crippen LogP contribution < -0.4 is 5.32 Å². The van der Waals surface area contributed by atoms with E-state index in [9.17, 15) is 0 Å². The van der Waals surface area contributed by atoms with Crippen LogP contribution in [0.5, 0.6) is 0 Å². The molecule has 11 aromatic rings. The van der Waals surface area contributed by atoms with Crippen molar-refractivity contribution in [3.8, 4) is 33.4 Å². The number of para-hydroxylation sites is 2. The second kappa shape index (κ2) is 14.9. The lowest BCUT2D eigenvalue weighted by Crippen LogP contribution is -2.38. The van der Waals surface area contributed by atoms with Gasteiger partial charge in [0, 0.05) is 34.5 Å². The standard InChI is InChI=1S/C61H42N2O/c1-2-13-42(14-3-1)61-62-37-47(59(63-61)41-27-24-40(25-28-41)44-29-26-39-12-4-5-15-43(39)35-44)34-38-32-45(36-46(33-38)49-20-11-22-56-53-18-8-9-23-57(53)64-60(49)56)48-19-10-21-54-51-17-7-6-16-50(51)52-30-31-55(52)58(48)54/h1-33,35-36,47,61-62H,34,37H2. The number of hydrogen-bond donors (Lipinski definition) is 1. The normalized spacial score (nSPS) is 15.8. The lowest BCUT2D eigenvalue weighted by Gasteiger charge is -2.30. The summed E-state index contributed by atoms with van der Waals surface area (Å²) in [6, 6.07) is 72.8. The Hall–Kier alpha value is -7.85. The van der Waals surface area contributed by atoms with Gasteiger partial charge in [-0.2, -0.15) is 0 Å². The van der Waals surface area contributed by atoms with E-state index in [1.807, 2.05) is 6.07 Å². The summed E-state index contributed by atoms with van der Waals surface area (Å²) in [5, 5.41) is 13.8. The van der Waals surface area contributed by atoms with Crippen LogP contribution in [-0.2, 0) is 6.42 Å². The molecule has 302 valence electrons. The van der Waals surface area contributed by atoms with Crippen LogP contribution in [0, 0.1) is 5.92 Å². The molecule has 0 spiro atoms. The summed E-state index contributed by atoms with van der Waals surface area (Å²) in [4.78, 5) is 5.55. The van der Waals surface area contributed by atoms with Crippen molar-refractivity contribution in [1.29, 1.82) is 0 Å². The maximum Gasteiger partial charge on any atom is 0.143 e. The van der Waals surface area contributed by atoms with Crippen LogP contribution in [-0.4, -0.2) is 12.3 Å². The number of rotatable bonds is 7. The minimum Gasteiger partial charge on any atom is -0.455 e. The van der Waals surface area contributed by atoms with Crippen LogP contribution in [0.15, 0.2) is 210 Å². The smallest absolute Gasteiger partial charge is 0.143 e. The first-order valence-corrected chi connectivity index (χ1v) is 22.4. The van der Waals surface area contributed by atoms with Crippen molar-refractivity contribution in [1.82, 2.24) is 5.32 Å². The number of nitrogens with one attached hydrogen (secondary N) is 1. The van der Waals surface area contributed by atoms with Gasteiger partial charge < -0.3 is 4.42 Å². The third-order valence-electron chi connectivity index (χ3n) is 13.6. The lowest BCUT2D eigenvalue weighted by atomic mass is 9.82. The van der Waals surface area contributed by atoms with Crippen molar-refractivity contribution in [3.05, 3.63) is 228 Å². The SMILES string of the molecule is C1=Cc2c1c1ccccc1c1cccc(-c3cc(CC4CNC(c5ccccc5)N=C4c4ccc(-c5ccc6ccccc6c5)cc4)cc(-c4cccc5c4oc4ccccc45)c3)c21. The van der Waals surface area contributed by atoms with Gasteiger partial charge in [0.1, 0.15) is 17.3 Å². The predicted octanol–water partition coefficient (Wildman–Crippen LogP) is 15.5. The third-order valence-corrected chi connectivity index (χ3v) is 13.6. The zero-order chi connectivity index (χ0) is 42.1. The molecule has 13 rings (SSSR count). The van der Waals surface area contributed by atoms with Crippen molar-refractivity contribution in [2.75, 3.05) is 6.54 Å². The van der Waals surface area contributed by atoms with Crippen LogP contribution in [0.4, 0.5) is 0 Å². The maximum atomic E-state index is 6.69. The topological polar surface area (TPSA) is 37.5 Å². The number of furan rings is 1. The minimum absolute atomic E-state index is 0.122. The number of nitrogens with zero attached hydrogens (tertiary/aromatic N) is 1. The molecule has 2 aliphatic rings. The Bertz CT molecular complexity index is 3710. The van der Waals surface area contributed by atoms with E-state index >= 15 is 0 Å². The first-order valence-electron chi connectivity index (χ1n) is 22.4. The predicted molar refractivity (Wildman–Crippen MR) is 269 cm³/mol. The Balaban J connectivity index is 0.960. The van der Waals surface area contributed by atoms with Gasteiger partial charge in [-0.1, -0.05) is 194 Å². The van der Waals surface area contributed by atoms with E-state index in [0.29, 0.717) is 0 Å². The van der Waals surface area contributed by atoms with E-state index in [0.717, 1.165) is 57.3 Å². The Morgan fingerprint density at radius 3 is 1.95 bits per heavy atom. The molecule has 1 N–H and O–H groups in total. The first-order chi connectivity index (χ1) is 31.7. The summed E-state index contributed by atoms with van der Waals surface area (Å²) < 4.78 is 6.69. The third kappa shape index (κ3) is 6.12. The van der Waals surface area contributed by atoms with E-state index in [4.69, 9.17) is 9.41 Å². The van der Waals surface area contributed by atoms with Crippen molar-refractivity contribution >= 4 is 72.1 Å². The number of fused-ring (bicyclic) bond motifs is 10. The fraction of sp³-hybridized carbons (Fsp3) is 0.0656. The number of benzene rings is 10. The average Bonchev–Trinajstić information content (AvgIpc) is 3.73. The highest BCUT2D eigenvalue weighted by Crippen LogP contribution is 2.45. The molecule has 0 radical (unpaired) electrons. The Morgan fingerprint density at radius 2 is 1.12 bits per heavy atom. The minimum atomic E-state index is -0.128. The van der Waals surface area contributed by atoms with E-state index in [1.165, 1.54) is 76.8 Å². The fourth-order valence-electron chi connectivity index (χ4n) is 10.5. The molecule has 0 saturated heterocycles. The van der Waals surface area contributed by atoms with E-state index in [2.05, 4.69) is 212 Å². The highest BCUT2D eigenvalue weighted by atomic mass is 16.3. The molecule has 10 aromatic carbocycles.